The second-order valence-electron chi connectivity index (χ2n) is 6.79. The summed E-state index contributed by atoms with van der Waals surface area (Å²) < 4.78 is 13.0. The minimum atomic E-state index is -0.249. The molecule has 1 fully saturated rings. The number of rotatable bonds is 3. The number of hydrogen-bond donors (Lipinski definition) is 2. The number of pyridine rings is 1. The minimum Gasteiger partial charge on any atom is -0.367 e. The van der Waals surface area contributed by atoms with Gasteiger partial charge in [-0.05, 0) is 42.0 Å². The van der Waals surface area contributed by atoms with Crippen molar-refractivity contribution in [3.63, 3.8) is 0 Å². The van der Waals surface area contributed by atoms with E-state index in [9.17, 15) is 4.39 Å². The molecule has 1 aromatic heterocycles. The largest absolute Gasteiger partial charge is 0.367 e. The molecule has 144 valence electrons. The zero-order valence-electron chi connectivity index (χ0n) is 15.3. The fraction of sp³-hybridized carbons (Fsp3) is 0.238. The van der Waals surface area contributed by atoms with Crippen LogP contribution in [0.15, 0.2) is 54.7 Å². The fourth-order valence-corrected chi connectivity index (χ4v) is 3.62. The van der Waals surface area contributed by atoms with Crippen LogP contribution in [0.5, 0.6) is 0 Å². The molecular weight excluding hydrogens is 377 g/mol. The number of nitrogens with one attached hydrogen (secondary N) is 2. The Morgan fingerprint density at radius 3 is 2.57 bits per heavy atom. The Kier molecular flexibility index (Phi) is 5.30. The maximum atomic E-state index is 13.0. The lowest BCUT2D eigenvalue weighted by Crippen LogP contribution is -2.52. The molecule has 1 aliphatic heterocycles. The number of anilines is 1. The van der Waals surface area contributed by atoms with Crippen molar-refractivity contribution < 1.29 is 4.39 Å². The van der Waals surface area contributed by atoms with Crippen molar-refractivity contribution in [2.24, 2.45) is 0 Å². The first-order chi connectivity index (χ1) is 13.6. The van der Waals surface area contributed by atoms with Crippen molar-refractivity contribution in [1.29, 1.82) is 5.41 Å². The second kappa shape index (κ2) is 8.02. The fourth-order valence-electron chi connectivity index (χ4n) is 3.45. The standard InChI is InChI=1S/C21H21ClFN5/c22-16-3-6-18-19(13-16)25-8-7-20(18)27-9-11-28(12-10-27)21(24)26-14-15-1-4-17(23)5-2-15/h1-8,13H,9-12,14H2,(H2,24,26). The van der Waals surface area contributed by atoms with E-state index < -0.39 is 0 Å². The summed E-state index contributed by atoms with van der Waals surface area (Å²) in [4.78, 5) is 8.76. The third kappa shape index (κ3) is 4.02. The molecule has 0 amide bonds. The summed E-state index contributed by atoms with van der Waals surface area (Å²) >= 11 is 6.08. The topological polar surface area (TPSA) is 55.3 Å². The van der Waals surface area contributed by atoms with E-state index in [1.807, 2.05) is 35.4 Å². The molecule has 0 bridgehead atoms. The molecule has 1 saturated heterocycles. The molecular formula is C21H21ClFN5. The molecule has 5 nitrogen and oxygen atoms in total. The summed E-state index contributed by atoms with van der Waals surface area (Å²) in [6.45, 7) is 3.67. The third-order valence-electron chi connectivity index (χ3n) is 4.99. The van der Waals surface area contributed by atoms with Crippen molar-refractivity contribution >= 4 is 34.2 Å². The van der Waals surface area contributed by atoms with Crippen molar-refractivity contribution in [3.8, 4) is 0 Å². The molecule has 2 N–H and O–H groups in total. The highest BCUT2D eigenvalue weighted by Crippen LogP contribution is 2.28. The van der Waals surface area contributed by atoms with Gasteiger partial charge < -0.3 is 15.1 Å². The van der Waals surface area contributed by atoms with Crippen LogP contribution in [0.2, 0.25) is 5.02 Å². The lowest BCUT2D eigenvalue weighted by Gasteiger charge is -2.37. The molecule has 2 aromatic carbocycles. The number of piperazine rings is 1. The van der Waals surface area contributed by atoms with Gasteiger partial charge >= 0.3 is 0 Å². The Labute approximate surface area is 168 Å². The van der Waals surface area contributed by atoms with Crippen LogP contribution in [0.1, 0.15) is 5.56 Å². The molecule has 1 aliphatic rings. The Hall–Kier alpha value is -2.86. The number of benzene rings is 2. The molecule has 3 aromatic rings. The van der Waals surface area contributed by atoms with Crippen molar-refractivity contribution in [2.75, 3.05) is 31.1 Å². The summed E-state index contributed by atoms with van der Waals surface area (Å²) in [6, 6.07) is 14.1. The van der Waals surface area contributed by atoms with Crippen LogP contribution < -0.4 is 10.2 Å². The van der Waals surface area contributed by atoms with Gasteiger partial charge in [0.2, 0.25) is 0 Å². The van der Waals surface area contributed by atoms with Gasteiger partial charge in [0.05, 0.1) is 5.52 Å². The average Bonchev–Trinajstić information content (AvgIpc) is 2.72. The lowest BCUT2D eigenvalue weighted by molar-refractivity contribution is 0.371. The zero-order chi connectivity index (χ0) is 19.5. The predicted octanol–water partition coefficient (Wildman–Crippen LogP) is 3.87. The number of halogens is 2. The van der Waals surface area contributed by atoms with Gasteiger partial charge in [0.1, 0.15) is 5.82 Å². The van der Waals surface area contributed by atoms with Gasteiger partial charge in [-0.2, -0.15) is 0 Å². The van der Waals surface area contributed by atoms with Gasteiger partial charge in [0, 0.05) is 55.0 Å². The highest BCUT2D eigenvalue weighted by molar-refractivity contribution is 6.31. The molecule has 0 radical (unpaired) electrons. The van der Waals surface area contributed by atoms with Gasteiger partial charge in [0.25, 0.3) is 0 Å². The van der Waals surface area contributed by atoms with Gasteiger partial charge in [-0.25, -0.2) is 4.39 Å². The number of hydrogen-bond acceptors (Lipinski definition) is 3. The number of nitrogens with zero attached hydrogens (tertiary/aromatic N) is 3. The molecule has 0 saturated carbocycles. The highest BCUT2D eigenvalue weighted by Gasteiger charge is 2.20. The van der Waals surface area contributed by atoms with Gasteiger partial charge in [-0.3, -0.25) is 10.4 Å². The number of guanidine groups is 1. The zero-order valence-corrected chi connectivity index (χ0v) is 16.1. The van der Waals surface area contributed by atoms with E-state index in [4.69, 9.17) is 17.0 Å². The van der Waals surface area contributed by atoms with Crippen LogP contribution in [0.25, 0.3) is 10.9 Å². The SMILES string of the molecule is N=C(NCc1ccc(F)cc1)N1CCN(c2ccnc3cc(Cl)ccc23)CC1. The van der Waals surface area contributed by atoms with Crippen LogP contribution in [0.3, 0.4) is 0 Å². The minimum absolute atomic E-state index is 0.249. The molecule has 0 unspecified atom stereocenters. The predicted molar refractivity (Wildman–Crippen MR) is 112 cm³/mol. The van der Waals surface area contributed by atoms with Crippen LogP contribution in [-0.2, 0) is 6.54 Å². The maximum absolute atomic E-state index is 13.0. The normalized spacial score (nSPS) is 14.4. The Morgan fingerprint density at radius 2 is 1.82 bits per heavy atom. The van der Waals surface area contributed by atoms with E-state index in [1.54, 1.807) is 12.1 Å². The Morgan fingerprint density at radius 1 is 1.07 bits per heavy atom. The quantitative estimate of drug-likeness (QED) is 0.520. The lowest BCUT2D eigenvalue weighted by atomic mass is 10.1. The summed E-state index contributed by atoms with van der Waals surface area (Å²) in [5, 5.41) is 13.2. The van der Waals surface area contributed by atoms with Gasteiger partial charge in [0.15, 0.2) is 5.96 Å². The van der Waals surface area contributed by atoms with E-state index in [2.05, 4.69) is 15.2 Å². The van der Waals surface area contributed by atoms with E-state index in [-0.39, 0.29) is 5.82 Å². The van der Waals surface area contributed by atoms with Crippen LogP contribution in [-0.4, -0.2) is 42.0 Å². The van der Waals surface area contributed by atoms with Crippen molar-refractivity contribution in [1.82, 2.24) is 15.2 Å². The summed E-state index contributed by atoms with van der Waals surface area (Å²) in [5.41, 5.74) is 2.99. The first kappa shape index (κ1) is 18.5. The third-order valence-corrected chi connectivity index (χ3v) is 5.23. The Bertz CT molecular complexity index is 984. The maximum Gasteiger partial charge on any atom is 0.191 e. The first-order valence-electron chi connectivity index (χ1n) is 9.21. The molecule has 7 heteroatoms. The van der Waals surface area contributed by atoms with E-state index in [0.29, 0.717) is 17.5 Å². The van der Waals surface area contributed by atoms with Crippen molar-refractivity contribution in [3.05, 3.63) is 71.1 Å². The number of aromatic nitrogens is 1. The Balaban J connectivity index is 1.37. The van der Waals surface area contributed by atoms with Gasteiger partial charge in [-0.1, -0.05) is 23.7 Å². The molecule has 0 spiro atoms. The summed E-state index contributed by atoms with van der Waals surface area (Å²) in [5.74, 6) is 0.149. The summed E-state index contributed by atoms with van der Waals surface area (Å²) in [7, 11) is 0. The highest BCUT2D eigenvalue weighted by atomic mass is 35.5. The molecule has 0 aliphatic carbocycles. The smallest absolute Gasteiger partial charge is 0.191 e. The molecule has 2 heterocycles. The second-order valence-corrected chi connectivity index (χ2v) is 7.23. The first-order valence-corrected chi connectivity index (χ1v) is 9.59. The average molecular weight is 398 g/mol. The monoisotopic (exact) mass is 397 g/mol. The van der Waals surface area contributed by atoms with Crippen LogP contribution in [0.4, 0.5) is 10.1 Å². The number of fused-ring (bicyclic) bond motifs is 1. The van der Waals surface area contributed by atoms with Crippen LogP contribution in [0, 0.1) is 11.2 Å². The van der Waals surface area contributed by atoms with Crippen LogP contribution >= 0.6 is 11.6 Å². The van der Waals surface area contributed by atoms with E-state index in [1.165, 1.54) is 12.1 Å². The van der Waals surface area contributed by atoms with Gasteiger partial charge in [-0.15, -0.1) is 0 Å². The summed E-state index contributed by atoms with van der Waals surface area (Å²) in [6.07, 6.45) is 1.81. The molecule has 0 atom stereocenters. The van der Waals surface area contributed by atoms with E-state index >= 15 is 0 Å². The molecule has 4 rings (SSSR count). The molecule has 28 heavy (non-hydrogen) atoms. The van der Waals surface area contributed by atoms with E-state index in [0.717, 1.165) is 48.3 Å². The van der Waals surface area contributed by atoms with Crippen molar-refractivity contribution in [2.45, 2.75) is 6.54 Å².